The van der Waals surface area contributed by atoms with E-state index in [1.165, 1.54) is 38.5 Å². The summed E-state index contributed by atoms with van der Waals surface area (Å²) in [5, 5.41) is 4.04. The summed E-state index contributed by atoms with van der Waals surface area (Å²) in [4.78, 5) is 0. The number of hydrogen-bond donors (Lipinski definition) is 1. The Labute approximate surface area is 120 Å². The van der Waals surface area contributed by atoms with E-state index in [9.17, 15) is 0 Å². The van der Waals surface area contributed by atoms with E-state index in [0.717, 1.165) is 23.9 Å². The monoisotopic (exact) mass is 265 g/mol. The predicted octanol–water partition coefficient (Wildman–Crippen LogP) is 5.01. The Morgan fingerprint density at radius 1 is 1.00 bits per heavy atom. The predicted molar refractivity (Wildman–Crippen MR) is 84.3 cm³/mol. The van der Waals surface area contributed by atoms with Crippen molar-refractivity contribution in [2.75, 3.05) is 0 Å². The lowest BCUT2D eigenvalue weighted by Crippen LogP contribution is -2.48. The van der Waals surface area contributed by atoms with Crippen molar-refractivity contribution in [2.24, 2.45) is 22.7 Å². The minimum Gasteiger partial charge on any atom is -0.311 e. The minimum absolute atomic E-state index is 0.505. The van der Waals surface area contributed by atoms with Crippen LogP contribution in [0.2, 0.25) is 0 Å². The second-order valence-corrected chi connectivity index (χ2v) is 8.99. The molecule has 0 aromatic heterocycles. The largest absolute Gasteiger partial charge is 0.311 e. The van der Waals surface area contributed by atoms with Crippen LogP contribution in [0.3, 0.4) is 0 Å². The molecule has 1 N–H and O–H groups in total. The molecule has 112 valence electrons. The number of rotatable bonds is 3. The van der Waals surface area contributed by atoms with E-state index in [1.807, 2.05) is 0 Å². The average molecular weight is 265 g/mol. The van der Waals surface area contributed by atoms with Crippen LogP contribution in [0, 0.1) is 22.7 Å². The summed E-state index contributed by atoms with van der Waals surface area (Å²) in [5.41, 5.74) is 1.01. The van der Waals surface area contributed by atoms with Gasteiger partial charge in [0, 0.05) is 12.1 Å². The van der Waals surface area contributed by atoms with Crippen LogP contribution < -0.4 is 5.32 Å². The first-order valence-corrected chi connectivity index (χ1v) is 8.48. The van der Waals surface area contributed by atoms with Gasteiger partial charge in [0.15, 0.2) is 0 Å². The maximum absolute atomic E-state index is 4.04. The molecule has 0 aliphatic heterocycles. The van der Waals surface area contributed by atoms with Gasteiger partial charge in [-0.05, 0) is 54.8 Å². The SMILES string of the molecule is CCC1CCC(NC2CC(C)(C)CC(C)(C)C2)C1C. The Morgan fingerprint density at radius 2 is 1.58 bits per heavy atom. The van der Waals surface area contributed by atoms with Crippen LogP contribution in [0.15, 0.2) is 0 Å². The standard InChI is InChI=1S/C18H35N/c1-7-14-8-9-16(13(14)2)19-15-10-17(3,4)12-18(5,6)11-15/h13-16,19H,7-12H2,1-6H3. The third-order valence-corrected chi connectivity index (χ3v) is 5.76. The highest BCUT2D eigenvalue weighted by atomic mass is 15.0. The van der Waals surface area contributed by atoms with Gasteiger partial charge in [0.1, 0.15) is 0 Å². The van der Waals surface area contributed by atoms with Crippen LogP contribution in [0.5, 0.6) is 0 Å². The molecule has 3 atom stereocenters. The van der Waals surface area contributed by atoms with Gasteiger partial charge in [0.2, 0.25) is 0 Å². The summed E-state index contributed by atoms with van der Waals surface area (Å²) in [6.07, 6.45) is 8.29. The second-order valence-electron chi connectivity index (χ2n) is 8.99. The van der Waals surface area contributed by atoms with E-state index in [1.54, 1.807) is 0 Å². The molecule has 0 saturated heterocycles. The molecule has 0 spiro atoms. The zero-order chi connectivity index (χ0) is 14.3. The van der Waals surface area contributed by atoms with E-state index in [-0.39, 0.29) is 0 Å². The molecule has 0 aromatic rings. The fourth-order valence-corrected chi connectivity index (χ4v) is 5.33. The number of hydrogen-bond acceptors (Lipinski definition) is 1. The van der Waals surface area contributed by atoms with E-state index in [0.29, 0.717) is 10.8 Å². The topological polar surface area (TPSA) is 12.0 Å². The van der Waals surface area contributed by atoms with Gasteiger partial charge in [-0.3, -0.25) is 0 Å². The van der Waals surface area contributed by atoms with Gasteiger partial charge in [-0.1, -0.05) is 48.0 Å². The Balaban J connectivity index is 1.96. The molecule has 2 aliphatic rings. The van der Waals surface area contributed by atoms with Crippen LogP contribution in [0.1, 0.15) is 80.1 Å². The lowest BCUT2D eigenvalue weighted by molar-refractivity contribution is 0.0773. The van der Waals surface area contributed by atoms with Crippen molar-refractivity contribution in [3.63, 3.8) is 0 Å². The highest BCUT2D eigenvalue weighted by Crippen LogP contribution is 2.46. The van der Waals surface area contributed by atoms with Crippen molar-refractivity contribution >= 4 is 0 Å². The molecule has 2 rings (SSSR count). The van der Waals surface area contributed by atoms with Crippen molar-refractivity contribution in [3.8, 4) is 0 Å². The van der Waals surface area contributed by atoms with Gasteiger partial charge in [-0.25, -0.2) is 0 Å². The molecular formula is C18H35N. The first kappa shape index (κ1) is 15.4. The zero-order valence-electron chi connectivity index (χ0n) is 14.1. The summed E-state index contributed by atoms with van der Waals surface area (Å²) in [6, 6.07) is 1.52. The lowest BCUT2D eigenvalue weighted by Gasteiger charge is -2.46. The third kappa shape index (κ3) is 3.74. The summed E-state index contributed by atoms with van der Waals surface area (Å²) in [5.74, 6) is 1.83. The van der Waals surface area contributed by atoms with Crippen molar-refractivity contribution in [3.05, 3.63) is 0 Å². The smallest absolute Gasteiger partial charge is 0.00980 e. The van der Waals surface area contributed by atoms with Crippen molar-refractivity contribution in [2.45, 2.75) is 92.2 Å². The molecule has 19 heavy (non-hydrogen) atoms. The van der Waals surface area contributed by atoms with Crippen LogP contribution in [-0.2, 0) is 0 Å². The molecule has 1 nitrogen and oxygen atoms in total. The van der Waals surface area contributed by atoms with Gasteiger partial charge in [-0.15, -0.1) is 0 Å². The molecule has 0 radical (unpaired) electrons. The van der Waals surface area contributed by atoms with Gasteiger partial charge in [0.05, 0.1) is 0 Å². The fraction of sp³-hybridized carbons (Fsp3) is 1.00. The molecule has 2 aliphatic carbocycles. The van der Waals surface area contributed by atoms with Crippen molar-refractivity contribution in [1.29, 1.82) is 0 Å². The van der Waals surface area contributed by atoms with Crippen molar-refractivity contribution in [1.82, 2.24) is 5.32 Å². The van der Waals surface area contributed by atoms with Gasteiger partial charge in [-0.2, -0.15) is 0 Å². The highest BCUT2D eigenvalue weighted by molar-refractivity contribution is 4.95. The van der Waals surface area contributed by atoms with Gasteiger partial charge >= 0.3 is 0 Å². The summed E-state index contributed by atoms with van der Waals surface area (Å²) < 4.78 is 0. The molecular weight excluding hydrogens is 230 g/mol. The van der Waals surface area contributed by atoms with E-state index in [4.69, 9.17) is 0 Å². The van der Waals surface area contributed by atoms with Crippen LogP contribution in [-0.4, -0.2) is 12.1 Å². The van der Waals surface area contributed by atoms with Crippen LogP contribution in [0.4, 0.5) is 0 Å². The van der Waals surface area contributed by atoms with Crippen LogP contribution >= 0.6 is 0 Å². The maximum Gasteiger partial charge on any atom is 0.00980 e. The summed E-state index contributed by atoms with van der Waals surface area (Å²) >= 11 is 0. The van der Waals surface area contributed by atoms with E-state index < -0.39 is 0 Å². The fourth-order valence-electron chi connectivity index (χ4n) is 5.33. The molecule has 0 aromatic carbocycles. The second kappa shape index (κ2) is 5.39. The Morgan fingerprint density at radius 3 is 2.05 bits per heavy atom. The Bertz CT molecular complexity index is 289. The molecule has 0 bridgehead atoms. The van der Waals surface area contributed by atoms with E-state index >= 15 is 0 Å². The third-order valence-electron chi connectivity index (χ3n) is 5.76. The zero-order valence-corrected chi connectivity index (χ0v) is 14.1. The first-order chi connectivity index (χ1) is 8.72. The summed E-state index contributed by atoms with van der Waals surface area (Å²) in [7, 11) is 0. The first-order valence-electron chi connectivity index (χ1n) is 8.48. The van der Waals surface area contributed by atoms with Crippen molar-refractivity contribution < 1.29 is 0 Å². The van der Waals surface area contributed by atoms with Gasteiger partial charge < -0.3 is 5.32 Å². The van der Waals surface area contributed by atoms with Crippen LogP contribution in [0.25, 0.3) is 0 Å². The number of nitrogens with one attached hydrogen (secondary N) is 1. The molecule has 1 heteroatoms. The highest BCUT2D eigenvalue weighted by Gasteiger charge is 2.40. The molecule has 2 fully saturated rings. The Kier molecular flexibility index (Phi) is 4.35. The average Bonchev–Trinajstić information content (AvgIpc) is 2.55. The quantitative estimate of drug-likeness (QED) is 0.756. The lowest BCUT2D eigenvalue weighted by atomic mass is 9.63. The molecule has 3 unspecified atom stereocenters. The van der Waals surface area contributed by atoms with Gasteiger partial charge in [0.25, 0.3) is 0 Å². The molecule has 0 amide bonds. The maximum atomic E-state index is 4.04. The molecule has 2 saturated carbocycles. The normalized spacial score (nSPS) is 38.5. The minimum atomic E-state index is 0.505. The Hall–Kier alpha value is -0.0400. The molecule has 0 heterocycles. The summed E-state index contributed by atoms with van der Waals surface area (Å²) in [6.45, 7) is 14.6. The van der Waals surface area contributed by atoms with E-state index in [2.05, 4.69) is 46.9 Å².